The molecule has 3 aromatic heterocycles. The Morgan fingerprint density at radius 2 is 1.17 bits per heavy atom. The highest BCUT2D eigenvalue weighted by atomic mass is 32.1. The lowest BCUT2D eigenvalue weighted by Gasteiger charge is -2.25. The summed E-state index contributed by atoms with van der Waals surface area (Å²) in [6.07, 6.45) is -0.410. The van der Waals surface area contributed by atoms with Crippen LogP contribution in [0.25, 0.3) is 102 Å². The summed E-state index contributed by atoms with van der Waals surface area (Å²) in [5.74, 6) is 1.42. The number of fused-ring (bicyclic) bond motifs is 13. The van der Waals surface area contributed by atoms with E-state index in [9.17, 15) is 0 Å². The van der Waals surface area contributed by atoms with Crippen molar-refractivity contribution >= 4 is 119 Å². The summed E-state index contributed by atoms with van der Waals surface area (Å²) in [6.45, 7) is 0. The molecule has 1 N–H and O–H groups in total. The second-order valence-electron chi connectivity index (χ2n) is 16.6. The molecule has 0 fully saturated rings. The van der Waals surface area contributed by atoms with E-state index in [4.69, 9.17) is 14.4 Å². The molecule has 13 aromatic rings. The zero-order valence-electron chi connectivity index (χ0n) is 33.7. The molecule has 5 nitrogen and oxygen atoms in total. The number of rotatable bonds is 4. The van der Waals surface area contributed by atoms with E-state index in [0.717, 1.165) is 72.0 Å². The van der Waals surface area contributed by atoms with Crippen LogP contribution in [-0.2, 0) is 0 Å². The molecule has 0 amide bonds. The number of hydrogen-bond donors (Lipinski definition) is 1. The molecule has 0 bridgehead atoms. The van der Waals surface area contributed by atoms with E-state index in [1.54, 1.807) is 0 Å². The lowest BCUT2D eigenvalue weighted by molar-refractivity contribution is 0.670. The molecule has 0 spiro atoms. The molecule has 1 atom stereocenters. The van der Waals surface area contributed by atoms with Gasteiger partial charge in [-0.05, 0) is 81.0 Å². The predicted molar refractivity (Wildman–Crippen MR) is 265 cm³/mol. The summed E-state index contributed by atoms with van der Waals surface area (Å²) < 4.78 is 11.9. The number of thiophene rings is 1. The molecule has 294 valence electrons. The third kappa shape index (κ3) is 5.28. The molecular formula is C57H34N4OS. The van der Waals surface area contributed by atoms with Crippen LogP contribution in [0.2, 0.25) is 0 Å². The first-order valence-corrected chi connectivity index (χ1v) is 22.1. The van der Waals surface area contributed by atoms with Crippen molar-refractivity contribution in [2.75, 3.05) is 0 Å². The molecule has 1 aliphatic rings. The summed E-state index contributed by atoms with van der Waals surface area (Å²) in [5, 5.41) is 17.8. The van der Waals surface area contributed by atoms with Gasteiger partial charge < -0.3 is 14.3 Å². The van der Waals surface area contributed by atoms with Gasteiger partial charge in [0.05, 0.1) is 16.7 Å². The average Bonchev–Trinajstić information content (AvgIpc) is 4.02. The van der Waals surface area contributed by atoms with Crippen molar-refractivity contribution in [3.8, 4) is 5.69 Å². The number of benzene rings is 10. The number of aliphatic imine (C=N–C) groups is 2. The topological polar surface area (TPSA) is 54.8 Å². The summed E-state index contributed by atoms with van der Waals surface area (Å²) >= 11 is 1.81. The monoisotopic (exact) mass is 822 g/mol. The summed E-state index contributed by atoms with van der Waals surface area (Å²) in [7, 11) is 0. The average molecular weight is 823 g/mol. The number of nitrogens with zero attached hydrogens (tertiary/aromatic N) is 3. The Kier molecular flexibility index (Phi) is 7.27. The molecule has 14 rings (SSSR count). The van der Waals surface area contributed by atoms with E-state index in [1.807, 2.05) is 11.3 Å². The maximum Gasteiger partial charge on any atom is 0.159 e. The van der Waals surface area contributed by atoms with Gasteiger partial charge in [-0.2, -0.15) is 0 Å². The molecule has 10 aromatic carbocycles. The van der Waals surface area contributed by atoms with Crippen LogP contribution >= 0.6 is 11.3 Å². The molecule has 0 aliphatic carbocycles. The Morgan fingerprint density at radius 3 is 2.05 bits per heavy atom. The van der Waals surface area contributed by atoms with Gasteiger partial charge in [0, 0.05) is 64.3 Å². The molecule has 0 radical (unpaired) electrons. The zero-order chi connectivity index (χ0) is 41.2. The van der Waals surface area contributed by atoms with Crippen LogP contribution < -0.4 is 5.32 Å². The molecule has 0 saturated carbocycles. The van der Waals surface area contributed by atoms with Gasteiger partial charge in [0.15, 0.2) is 5.84 Å². The van der Waals surface area contributed by atoms with Crippen LogP contribution in [0.4, 0.5) is 0 Å². The van der Waals surface area contributed by atoms with E-state index >= 15 is 0 Å². The highest BCUT2D eigenvalue weighted by Crippen LogP contribution is 2.42. The molecule has 0 saturated heterocycles. The van der Waals surface area contributed by atoms with Gasteiger partial charge in [0.2, 0.25) is 0 Å². The lowest BCUT2D eigenvalue weighted by Crippen LogP contribution is -2.33. The van der Waals surface area contributed by atoms with Gasteiger partial charge in [-0.1, -0.05) is 140 Å². The SMILES string of the molecule is c1ccc2cc(C3N=C(c4ccc5c(c4)sc4ccccc45)N=C(c4cc(-n5c6ccccc6c6cc7ccccc7cc65)cc5oc6c7ccccc7ccc6c45)N3)ccc2c1. The number of furan rings is 1. The first-order chi connectivity index (χ1) is 31.2. The minimum atomic E-state index is -0.410. The second-order valence-corrected chi connectivity index (χ2v) is 17.7. The predicted octanol–water partition coefficient (Wildman–Crippen LogP) is 15.0. The smallest absolute Gasteiger partial charge is 0.159 e. The summed E-state index contributed by atoms with van der Waals surface area (Å²) in [5.41, 5.74) is 7.89. The highest BCUT2D eigenvalue weighted by molar-refractivity contribution is 7.25. The third-order valence-corrected chi connectivity index (χ3v) is 14.1. The first kappa shape index (κ1) is 34.6. The maximum atomic E-state index is 7.05. The molecule has 1 aliphatic heterocycles. The van der Waals surface area contributed by atoms with E-state index in [1.165, 1.54) is 52.5 Å². The van der Waals surface area contributed by atoms with Crippen LogP contribution in [0.3, 0.4) is 0 Å². The molecular weight excluding hydrogens is 789 g/mol. The van der Waals surface area contributed by atoms with E-state index in [-0.39, 0.29) is 0 Å². The Bertz CT molecular complexity index is 4150. The van der Waals surface area contributed by atoms with E-state index in [0.29, 0.717) is 5.84 Å². The Morgan fingerprint density at radius 1 is 0.492 bits per heavy atom. The largest absolute Gasteiger partial charge is 0.455 e. The van der Waals surface area contributed by atoms with Gasteiger partial charge in [-0.3, -0.25) is 0 Å². The van der Waals surface area contributed by atoms with Crippen molar-refractivity contribution in [3.63, 3.8) is 0 Å². The summed E-state index contributed by atoms with van der Waals surface area (Å²) in [4.78, 5) is 10.9. The number of hydrogen-bond acceptors (Lipinski definition) is 5. The zero-order valence-corrected chi connectivity index (χ0v) is 34.5. The normalized spacial score (nSPS) is 14.5. The molecule has 4 heterocycles. The van der Waals surface area contributed by atoms with Crippen LogP contribution in [0.5, 0.6) is 0 Å². The van der Waals surface area contributed by atoms with Gasteiger partial charge in [-0.15, -0.1) is 11.3 Å². The lowest BCUT2D eigenvalue weighted by atomic mass is 10.00. The van der Waals surface area contributed by atoms with E-state index < -0.39 is 6.17 Å². The maximum absolute atomic E-state index is 7.05. The fraction of sp³-hybridized carbons (Fsp3) is 0.0175. The van der Waals surface area contributed by atoms with Gasteiger partial charge >= 0.3 is 0 Å². The second kappa shape index (κ2) is 13.2. The van der Waals surface area contributed by atoms with Gasteiger partial charge in [0.25, 0.3) is 0 Å². The molecule has 6 heteroatoms. The van der Waals surface area contributed by atoms with Crippen molar-refractivity contribution in [2.45, 2.75) is 6.17 Å². The quantitative estimate of drug-likeness (QED) is 0.192. The molecule has 1 unspecified atom stereocenters. The highest BCUT2D eigenvalue weighted by Gasteiger charge is 2.27. The summed E-state index contributed by atoms with van der Waals surface area (Å²) in [6, 6.07) is 69.8. The Hall–Kier alpha value is -8.06. The van der Waals surface area contributed by atoms with Gasteiger partial charge in [-0.25, -0.2) is 9.98 Å². The van der Waals surface area contributed by atoms with Crippen LogP contribution in [0.15, 0.2) is 209 Å². The Labute approximate surface area is 364 Å². The van der Waals surface area contributed by atoms with Crippen LogP contribution in [0.1, 0.15) is 22.9 Å². The van der Waals surface area contributed by atoms with E-state index in [2.05, 4.69) is 204 Å². The minimum Gasteiger partial charge on any atom is -0.455 e. The third-order valence-electron chi connectivity index (χ3n) is 13.0. The number of nitrogens with one attached hydrogen (secondary N) is 1. The fourth-order valence-electron chi connectivity index (χ4n) is 10.00. The van der Waals surface area contributed by atoms with Crippen molar-refractivity contribution in [1.29, 1.82) is 0 Å². The van der Waals surface area contributed by atoms with Crippen molar-refractivity contribution in [3.05, 3.63) is 211 Å². The number of para-hydroxylation sites is 1. The van der Waals surface area contributed by atoms with Crippen LogP contribution in [0, 0.1) is 0 Å². The van der Waals surface area contributed by atoms with Gasteiger partial charge in [0.1, 0.15) is 23.2 Å². The van der Waals surface area contributed by atoms with Crippen molar-refractivity contribution in [2.24, 2.45) is 9.98 Å². The number of amidine groups is 2. The fourth-order valence-corrected chi connectivity index (χ4v) is 11.1. The minimum absolute atomic E-state index is 0.410. The first-order valence-electron chi connectivity index (χ1n) is 21.3. The van der Waals surface area contributed by atoms with Crippen molar-refractivity contribution in [1.82, 2.24) is 9.88 Å². The molecule has 63 heavy (non-hydrogen) atoms. The Balaban J connectivity index is 1.05. The van der Waals surface area contributed by atoms with Crippen molar-refractivity contribution < 1.29 is 4.42 Å². The number of aromatic nitrogens is 1. The standard InChI is InChI=1S/C57H34N4OS/c1-2-13-35-27-38(22-21-33(35)11-1)55-58-56(39-24-25-44-43-18-8-10-20-51(43)63-52(44)30-39)60-57(59-55)47-31-40(32-50-53(47)45-26-23-34-12-5-6-16-41(34)54(45)62-50)61-48-19-9-7-17-42(48)46-28-36-14-3-4-15-37(36)29-49(46)61/h1-32,55H,(H,58,59,60). The van der Waals surface area contributed by atoms with Crippen LogP contribution in [-0.4, -0.2) is 16.2 Å².